The van der Waals surface area contributed by atoms with Crippen molar-refractivity contribution in [1.82, 2.24) is 0 Å². The van der Waals surface area contributed by atoms with Crippen molar-refractivity contribution in [2.75, 3.05) is 12.0 Å². The van der Waals surface area contributed by atoms with Crippen molar-refractivity contribution >= 4 is 29.1 Å². The van der Waals surface area contributed by atoms with E-state index in [0.29, 0.717) is 11.3 Å². The van der Waals surface area contributed by atoms with Crippen LogP contribution in [0.25, 0.3) is 0 Å². The summed E-state index contributed by atoms with van der Waals surface area (Å²) >= 11 is 7.16. The van der Waals surface area contributed by atoms with E-state index in [0.717, 1.165) is 0 Å². The molecule has 0 aliphatic heterocycles. The van der Waals surface area contributed by atoms with Crippen LogP contribution in [0.5, 0.6) is 0 Å². The summed E-state index contributed by atoms with van der Waals surface area (Å²) in [4.78, 5) is 11.3. The third-order valence-electron chi connectivity index (χ3n) is 1.72. The molecule has 1 aromatic carbocycles. The van der Waals surface area contributed by atoms with Crippen molar-refractivity contribution in [3.05, 3.63) is 34.6 Å². The largest absolute Gasteiger partial charge is 0.298 e. The SMILES string of the molecule is CSCC(=O)Cc1cccc(F)c1Cl. The highest BCUT2D eigenvalue weighted by Gasteiger charge is 2.09. The molecular weight excluding hydrogens is 223 g/mol. The fourth-order valence-electron chi connectivity index (χ4n) is 1.11. The Labute approximate surface area is 91.6 Å². The van der Waals surface area contributed by atoms with Crippen LogP contribution in [0.2, 0.25) is 5.02 Å². The molecular formula is C10H10ClFOS. The van der Waals surface area contributed by atoms with Crippen molar-refractivity contribution in [1.29, 1.82) is 0 Å². The molecule has 0 bridgehead atoms. The molecule has 0 fully saturated rings. The summed E-state index contributed by atoms with van der Waals surface area (Å²) in [6, 6.07) is 4.51. The van der Waals surface area contributed by atoms with Crippen LogP contribution in [0.1, 0.15) is 5.56 Å². The smallest absolute Gasteiger partial charge is 0.147 e. The monoisotopic (exact) mass is 232 g/mol. The van der Waals surface area contributed by atoms with Gasteiger partial charge in [-0.05, 0) is 17.9 Å². The summed E-state index contributed by atoms with van der Waals surface area (Å²) in [6.07, 6.45) is 2.06. The summed E-state index contributed by atoms with van der Waals surface area (Å²) in [5, 5.41) is 0.0574. The topological polar surface area (TPSA) is 17.1 Å². The van der Waals surface area contributed by atoms with Gasteiger partial charge in [0.05, 0.1) is 10.8 Å². The van der Waals surface area contributed by atoms with Crippen LogP contribution in [0, 0.1) is 5.82 Å². The Kier molecular flexibility index (Phi) is 4.42. The van der Waals surface area contributed by atoms with Gasteiger partial charge >= 0.3 is 0 Å². The van der Waals surface area contributed by atoms with Gasteiger partial charge in [0, 0.05) is 6.42 Å². The van der Waals surface area contributed by atoms with E-state index in [1.165, 1.54) is 17.8 Å². The quantitative estimate of drug-likeness (QED) is 0.794. The normalized spacial score (nSPS) is 10.2. The molecule has 1 aromatic rings. The minimum atomic E-state index is -0.471. The minimum Gasteiger partial charge on any atom is -0.298 e. The second-order valence-electron chi connectivity index (χ2n) is 2.86. The molecule has 0 radical (unpaired) electrons. The van der Waals surface area contributed by atoms with Gasteiger partial charge in [-0.15, -0.1) is 0 Å². The molecule has 0 aromatic heterocycles. The number of thioether (sulfide) groups is 1. The minimum absolute atomic E-state index is 0.0574. The lowest BCUT2D eigenvalue weighted by molar-refractivity contribution is -0.115. The van der Waals surface area contributed by atoms with Gasteiger partial charge in [0.25, 0.3) is 0 Å². The van der Waals surface area contributed by atoms with Crippen molar-refractivity contribution in [3.8, 4) is 0 Å². The fourth-order valence-corrected chi connectivity index (χ4v) is 1.73. The summed E-state index contributed by atoms with van der Waals surface area (Å²) in [6.45, 7) is 0. The lowest BCUT2D eigenvalue weighted by Gasteiger charge is -2.03. The highest BCUT2D eigenvalue weighted by Crippen LogP contribution is 2.20. The van der Waals surface area contributed by atoms with Gasteiger partial charge < -0.3 is 0 Å². The van der Waals surface area contributed by atoms with Crippen LogP contribution in [0.4, 0.5) is 4.39 Å². The van der Waals surface area contributed by atoms with Crippen molar-refractivity contribution < 1.29 is 9.18 Å². The van der Waals surface area contributed by atoms with E-state index in [1.807, 2.05) is 6.26 Å². The van der Waals surface area contributed by atoms with Gasteiger partial charge in [-0.3, -0.25) is 4.79 Å². The molecule has 76 valence electrons. The average molecular weight is 233 g/mol. The molecule has 1 nitrogen and oxygen atoms in total. The number of carbonyl (C=O) groups excluding carboxylic acids is 1. The van der Waals surface area contributed by atoms with Gasteiger partial charge in [0.2, 0.25) is 0 Å². The first-order valence-corrected chi connectivity index (χ1v) is 5.86. The van der Waals surface area contributed by atoms with Crippen molar-refractivity contribution in [2.24, 2.45) is 0 Å². The number of hydrogen-bond acceptors (Lipinski definition) is 2. The molecule has 0 aliphatic rings. The van der Waals surface area contributed by atoms with E-state index in [-0.39, 0.29) is 17.2 Å². The van der Waals surface area contributed by atoms with Crippen LogP contribution in [-0.2, 0) is 11.2 Å². The molecule has 0 saturated carbocycles. The number of Topliss-reactive ketones (excluding diaryl/α,β-unsaturated/α-hetero) is 1. The third-order valence-corrected chi connectivity index (χ3v) is 2.76. The van der Waals surface area contributed by atoms with Crippen LogP contribution >= 0.6 is 23.4 Å². The number of benzene rings is 1. The predicted octanol–water partition coefficient (Wildman–Crippen LogP) is 2.95. The number of ketones is 1. The lowest BCUT2D eigenvalue weighted by Crippen LogP contribution is -2.06. The Hall–Kier alpha value is -0.540. The summed E-state index contributed by atoms with van der Waals surface area (Å²) in [5.74, 6) is 0.0263. The second kappa shape index (κ2) is 5.37. The highest BCUT2D eigenvalue weighted by atomic mass is 35.5. The van der Waals surface area contributed by atoms with Crippen molar-refractivity contribution in [3.63, 3.8) is 0 Å². The molecule has 0 N–H and O–H groups in total. The molecule has 0 heterocycles. The molecule has 0 unspecified atom stereocenters. The number of carbonyl (C=O) groups is 1. The van der Waals surface area contributed by atoms with Crippen LogP contribution in [0.15, 0.2) is 18.2 Å². The number of hydrogen-bond donors (Lipinski definition) is 0. The maximum absolute atomic E-state index is 13.0. The molecule has 0 atom stereocenters. The molecule has 4 heteroatoms. The first-order chi connectivity index (χ1) is 6.65. The Bertz CT molecular complexity index is 341. The van der Waals surface area contributed by atoms with E-state index in [2.05, 4.69) is 0 Å². The lowest BCUT2D eigenvalue weighted by atomic mass is 10.1. The highest BCUT2D eigenvalue weighted by molar-refractivity contribution is 7.99. The zero-order chi connectivity index (χ0) is 10.6. The summed E-state index contributed by atoms with van der Waals surface area (Å²) in [7, 11) is 0. The van der Waals surface area contributed by atoms with Gasteiger partial charge in [0.1, 0.15) is 11.6 Å². The number of halogens is 2. The molecule has 0 spiro atoms. The van der Waals surface area contributed by atoms with Gasteiger partial charge in [-0.25, -0.2) is 4.39 Å². The van der Waals surface area contributed by atoms with Gasteiger partial charge in [-0.2, -0.15) is 11.8 Å². The second-order valence-corrected chi connectivity index (χ2v) is 4.11. The van der Waals surface area contributed by atoms with E-state index in [1.54, 1.807) is 12.1 Å². The Morgan fingerprint density at radius 1 is 1.57 bits per heavy atom. The molecule has 14 heavy (non-hydrogen) atoms. The van der Waals surface area contributed by atoms with Crippen LogP contribution < -0.4 is 0 Å². The maximum Gasteiger partial charge on any atom is 0.147 e. The van der Waals surface area contributed by atoms with Crippen molar-refractivity contribution in [2.45, 2.75) is 6.42 Å². The fraction of sp³-hybridized carbons (Fsp3) is 0.300. The molecule has 0 saturated heterocycles. The van der Waals surface area contributed by atoms with E-state index < -0.39 is 5.82 Å². The number of rotatable bonds is 4. The first kappa shape index (κ1) is 11.5. The summed E-state index contributed by atoms with van der Waals surface area (Å²) < 4.78 is 13.0. The molecule has 0 amide bonds. The third kappa shape index (κ3) is 3.00. The maximum atomic E-state index is 13.0. The van der Waals surface area contributed by atoms with Crippen LogP contribution in [0.3, 0.4) is 0 Å². The Balaban J connectivity index is 2.76. The van der Waals surface area contributed by atoms with E-state index in [9.17, 15) is 9.18 Å². The zero-order valence-corrected chi connectivity index (χ0v) is 9.29. The molecule has 1 rings (SSSR count). The standard InChI is InChI=1S/C10H10ClFOS/c1-14-6-8(13)5-7-3-2-4-9(12)10(7)11/h2-4H,5-6H2,1H3. The average Bonchev–Trinajstić information content (AvgIpc) is 2.13. The Morgan fingerprint density at radius 3 is 2.93 bits per heavy atom. The van der Waals surface area contributed by atoms with Gasteiger partial charge in [0.15, 0.2) is 0 Å². The van der Waals surface area contributed by atoms with Gasteiger partial charge in [-0.1, -0.05) is 23.7 Å². The molecule has 0 aliphatic carbocycles. The predicted molar refractivity (Wildman–Crippen MR) is 58.5 cm³/mol. The summed E-state index contributed by atoms with van der Waals surface area (Å²) in [5.41, 5.74) is 0.561. The zero-order valence-electron chi connectivity index (χ0n) is 7.72. The van der Waals surface area contributed by atoms with E-state index in [4.69, 9.17) is 11.6 Å². The Morgan fingerprint density at radius 2 is 2.29 bits per heavy atom. The van der Waals surface area contributed by atoms with Crippen LogP contribution in [-0.4, -0.2) is 17.8 Å². The first-order valence-electron chi connectivity index (χ1n) is 4.08. The van der Waals surface area contributed by atoms with E-state index >= 15 is 0 Å².